The minimum absolute atomic E-state index is 0.950. The van der Waals surface area contributed by atoms with Crippen LogP contribution in [-0.4, -0.2) is 14.3 Å². The molecule has 3 heteroatoms. The number of benzene rings is 7. The number of hydrogen-bond donors (Lipinski definition) is 0. The highest BCUT2D eigenvalue weighted by Gasteiger charge is 2.16. The van der Waals surface area contributed by atoms with Gasteiger partial charge in [0.25, 0.3) is 0 Å². The van der Waals surface area contributed by atoms with Crippen molar-refractivity contribution in [2.24, 2.45) is 0 Å². The van der Waals surface area contributed by atoms with Crippen LogP contribution < -0.4 is 0 Å². The highest BCUT2D eigenvalue weighted by atomic mass is 15.3. The van der Waals surface area contributed by atoms with Crippen molar-refractivity contribution in [1.82, 2.24) is 14.3 Å². The van der Waals surface area contributed by atoms with E-state index in [1.165, 1.54) is 49.6 Å². The predicted molar refractivity (Wildman–Crippen MR) is 204 cm³/mol. The smallest absolute Gasteiger partial charge is 0.0934 e. The number of nitrogens with zero attached hydrogens (tertiary/aromatic N) is 3. The summed E-state index contributed by atoms with van der Waals surface area (Å²) in [6.45, 7) is 2.12. The fraction of sp³-hybridized carbons (Fsp3) is 0.0217. The lowest BCUT2D eigenvalue weighted by molar-refractivity contribution is 0.891. The number of aryl methyl sites for hydroxylation is 1. The predicted octanol–water partition coefficient (Wildman–Crippen LogP) is 11.9. The van der Waals surface area contributed by atoms with Gasteiger partial charge in [-0.3, -0.25) is 0 Å². The summed E-state index contributed by atoms with van der Waals surface area (Å²) in [7, 11) is 0. The molecule has 0 saturated heterocycles. The van der Waals surface area contributed by atoms with Gasteiger partial charge in [0.05, 0.1) is 28.1 Å². The molecule has 0 amide bonds. The highest BCUT2D eigenvalue weighted by Crippen LogP contribution is 2.36. The second-order valence-corrected chi connectivity index (χ2v) is 12.6. The van der Waals surface area contributed by atoms with Gasteiger partial charge >= 0.3 is 0 Å². The topological polar surface area (TPSA) is 22.8 Å². The Morgan fingerprint density at radius 1 is 0.388 bits per heavy atom. The number of hydrogen-bond acceptors (Lipinski definition) is 1. The molecule has 0 atom stereocenters. The van der Waals surface area contributed by atoms with Crippen molar-refractivity contribution < 1.29 is 0 Å². The van der Waals surface area contributed by atoms with Crippen LogP contribution in [0.4, 0.5) is 0 Å². The van der Waals surface area contributed by atoms with Gasteiger partial charge in [-0.05, 0) is 77.7 Å². The maximum absolute atomic E-state index is 5.09. The maximum Gasteiger partial charge on any atom is 0.0934 e. The van der Waals surface area contributed by atoms with E-state index in [2.05, 4.69) is 186 Å². The molecule has 0 fully saturated rings. The van der Waals surface area contributed by atoms with Crippen molar-refractivity contribution in [2.45, 2.75) is 6.92 Å². The quantitative estimate of drug-likeness (QED) is 0.180. The van der Waals surface area contributed by atoms with Gasteiger partial charge in [-0.15, -0.1) is 0 Å². The number of rotatable bonds is 6. The van der Waals surface area contributed by atoms with E-state index in [1.54, 1.807) is 0 Å². The molecule has 7 aromatic carbocycles. The van der Waals surface area contributed by atoms with E-state index in [4.69, 9.17) is 5.10 Å². The van der Waals surface area contributed by atoms with Crippen LogP contribution in [0.2, 0.25) is 0 Å². The third kappa shape index (κ3) is 5.22. The largest absolute Gasteiger partial charge is 0.309 e. The van der Waals surface area contributed by atoms with Gasteiger partial charge in [-0.2, -0.15) is 5.10 Å². The van der Waals surface area contributed by atoms with Crippen molar-refractivity contribution >= 4 is 21.8 Å². The van der Waals surface area contributed by atoms with Crippen LogP contribution in [0.5, 0.6) is 0 Å². The Kier molecular flexibility index (Phi) is 7.02. The molecule has 0 saturated carbocycles. The molecule has 0 bridgehead atoms. The van der Waals surface area contributed by atoms with E-state index < -0.39 is 0 Å². The molecule has 0 aliphatic carbocycles. The van der Waals surface area contributed by atoms with Gasteiger partial charge in [0.1, 0.15) is 0 Å². The van der Waals surface area contributed by atoms with Crippen molar-refractivity contribution in [2.75, 3.05) is 0 Å². The average molecular weight is 628 g/mol. The standard InChI is InChI=1S/C46H33N3/c1-32-16-18-33(19-17-32)34-20-22-35(23-21-34)38-24-29-45-42(30-38)41-14-8-9-15-44(41)48(45)39-25-27-40(28-26-39)49-46(37-12-6-3-7-13-37)31-43(47-49)36-10-4-2-5-11-36/h2-31H,1H3. The molecule has 9 rings (SSSR count). The second kappa shape index (κ2) is 12.0. The van der Waals surface area contributed by atoms with Gasteiger partial charge in [-0.25, -0.2) is 4.68 Å². The number of fused-ring (bicyclic) bond motifs is 3. The second-order valence-electron chi connectivity index (χ2n) is 12.6. The minimum Gasteiger partial charge on any atom is -0.309 e. The van der Waals surface area contributed by atoms with Crippen molar-refractivity contribution in [3.63, 3.8) is 0 Å². The summed E-state index contributed by atoms with van der Waals surface area (Å²) >= 11 is 0. The zero-order valence-electron chi connectivity index (χ0n) is 27.2. The Morgan fingerprint density at radius 2 is 0.918 bits per heavy atom. The maximum atomic E-state index is 5.09. The van der Waals surface area contributed by atoms with E-state index in [0.717, 1.165) is 33.9 Å². The van der Waals surface area contributed by atoms with Crippen LogP contribution in [0.3, 0.4) is 0 Å². The number of aromatic nitrogens is 3. The zero-order valence-corrected chi connectivity index (χ0v) is 27.2. The molecule has 2 aromatic heterocycles. The molecule has 9 aromatic rings. The SMILES string of the molecule is Cc1ccc(-c2ccc(-c3ccc4c(c3)c3ccccc3n4-c3ccc(-n4nc(-c5ccccc5)cc4-c4ccccc4)cc3)cc2)cc1. The summed E-state index contributed by atoms with van der Waals surface area (Å²) in [5, 5.41) is 7.58. The van der Waals surface area contributed by atoms with Crippen molar-refractivity contribution in [1.29, 1.82) is 0 Å². The molecule has 3 nitrogen and oxygen atoms in total. The number of para-hydroxylation sites is 1. The van der Waals surface area contributed by atoms with Gasteiger partial charge in [0.15, 0.2) is 0 Å². The summed E-state index contributed by atoms with van der Waals surface area (Å²) in [6, 6.07) is 65.0. The van der Waals surface area contributed by atoms with Gasteiger partial charge in [0, 0.05) is 27.6 Å². The fourth-order valence-corrected chi connectivity index (χ4v) is 6.92. The molecule has 2 heterocycles. The Hall–Kier alpha value is -6.45. The normalized spacial score (nSPS) is 11.4. The lowest BCUT2D eigenvalue weighted by Crippen LogP contribution is -2.00. The molecule has 232 valence electrons. The van der Waals surface area contributed by atoms with Gasteiger partial charge < -0.3 is 4.57 Å². The van der Waals surface area contributed by atoms with E-state index in [9.17, 15) is 0 Å². The van der Waals surface area contributed by atoms with Crippen LogP contribution in [-0.2, 0) is 0 Å². The Labute approximate surface area is 286 Å². The molecule has 0 spiro atoms. The molecular weight excluding hydrogens is 595 g/mol. The van der Waals surface area contributed by atoms with E-state index in [1.807, 2.05) is 12.1 Å². The van der Waals surface area contributed by atoms with E-state index in [0.29, 0.717) is 0 Å². The van der Waals surface area contributed by atoms with Gasteiger partial charge in [0.2, 0.25) is 0 Å². The first-order valence-electron chi connectivity index (χ1n) is 16.7. The summed E-state index contributed by atoms with van der Waals surface area (Å²) in [5.74, 6) is 0. The van der Waals surface area contributed by atoms with Crippen LogP contribution in [0.15, 0.2) is 182 Å². The molecule has 0 aliphatic rings. The van der Waals surface area contributed by atoms with E-state index >= 15 is 0 Å². The first kappa shape index (κ1) is 28.7. The third-order valence-electron chi connectivity index (χ3n) is 9.48. The average Bonchev–Trinajstić information content (AvgIpc) is 3.76. The van der Waals surface area contributed by atoms with Crippen molar-refractivity contribution in [3.05, 3.63) is 188 Å². The Bertz CT molecular complexity index is 2560. The monoisotopic (exact) mass is 627 g/mol. The van der Waals surface area contributed by atoms with Crippen LogP contribution in [0, 0.1) is 6.92 Å². The molecule has 0 radical (unpaired) electrons. The fourth-order valence-electron chi connectivity index (χ4n) is 6.92. The summed E-state index contributed by atoms with van der Waals surface area (Å²) in [5.41, 5.74) is 14.9. The molecule has 49 heavy (non-hydrogen) atoms. The Morgan fingerprint density at radius 3 is 1.61 bits per heavy atom. The van der Waals surface area contributed by atoms with Crippen LogP contribution >= 0.6 is 0 Å². The molecular formula is C46H33N3. The zero-order chi connectivity index (χ0) is 32.7. The lowest BCUT2D eigenvalue weighted by atomic mass is 9.98. The summed E-state index contributed by atoms with van der Waals surface area (Å²) in [6.07, 6.45) is 0. The highest BCUT2D eigenvalue weighted by molar-refractivity contribution is 6.10. The van der Waals surface area contributed by atoms with Crippen LogP contribution in [0.1, 0.15) is 5.56 Å². The lowest BCUT2D eigenvalue weighted by Gasteiger charge is -2.11. The minimum atomic E-state index is 0.950. The van der Waals surface area contributed by atoms with Crippen molar-refractivity contribution in [3.8, 4) is 56.1 Å². The third-order valence-corrected chi connectivity index (χ3v) is 9.48. The Balaban J connectivity index is 1.10. The first-order chi connectivity index (χ1) is 24.2. The molecule has 0 N–H and O–H groups in total. The molecule has 0 aliphatic heterocycles. The summed E-state index contributed by atoms with van der Waals surface area (Å²) in [4.78, 5) is 0. The first-order valence-corrected chi connectivity index (χ1v) is 16.7. The van der Waals surface area contributed by atoms with Crippen LogP contribution in [0.25, 0.3) is 77.9 Å². The summed E-state index contributed by atoms with van der Waals surface area (Å²) < 4.78 is 4.43. The molecule has 0 unspecified atom stereocenters. The van der Waals surface area contributed by atoms with Gasteiger partial charge in [-0.1, -0.05) is 139 Å². The van der Waals surface area contributed by atoms with E-state index in [-0.39, 0.29) is 0 Å².